The van der Waals surface area contributed by atoms with Crippen LogP contribution in [0.3, 0.4) is 0 Å². The number of carbonyl (C=O) groups is 1. The highest BCUT2D eigenvalue weighted by Gasteiger charge is 2.24. The van der Waals surface area contributed by atoms with E-state index in [1.54, 1.807) is 0 Å². The quantitative estimate of drug-likeness (QED) is 0.434. The van der Waals surface area contributed by atoms with E-state index in [0.717, 1.165) is 25.9 Å². The molecule has 1 unspecified atom stereocenters. The second kappa shape index (κ2) is 7.63. The minimum atomic E-state index is -0.0255. The van der Waals surface area contributed by atoms with Crippen LogP contribution in [0.5, 0.6) is 0 Å². The lowest BCUT2D eigenvalue weighted by Gasteiger charge is -2.31. The Kier molecular flexibility index (Phi) is 6.42. The van der Waals surface area contributed by atoms with Crippen LogP contribution in [0.25, 0.3) is 0 Å². The summed E-state index contributed by atoms with van der Waals surface area (Å²) in [7, 11) is 0. The number of nitrogens with one attached hydrogen (secondary N) is 1. The van der Waals surface area contributed by atoms with Gasteiger partial charge in [-0.25, -0.2) is 5.84 Å². The van der Waals surface area contributed by atoms with Gasteiger partial charge in [0.2, 0.25) is 0 Å². The van der Waals surface area contributed by atoms with Crippen molar-refractivity contribution in [3.63, 3.8) is 0 Å². The third-order valence-electron chi connectivity index (χ3n) is 3.34. The van der Waals surface area contributed by atoms with Crippen LogP contribution in [0.15, 0.2) is 0 Å². The molecule has 0 saturated carbocycles. The Labute approximate surface area is 98.5 Å². The number of hydrogen-bond donors (Lipinski definition) is 2. The summed E-state index contributed by atoms with van der Waals surface area (Å²) in [6.07, 6.45) is 8.27. The minimum absolute atomic E-state index is 0.0203. The zero-order valence-electron chi connectivity index (χ0n) is 10.4. The molecule has 0 aromatic rings. The van der Waals surface area contributed by atoms with E-state index in [0.29, 0.717) is 0 Å². The topological polar surface area (TPSA) is 58.4 Å². The van der Waals surface area contributed by atoms with Gasteiger partial charge in [0.05, 0.1) is 6.04 Å². The first-order chi connectivity index (χ1) is 7.79. The second-order valence-corrected chi connectivity index (χ2v) is 4.62. The summed E-state index contributed by atoms with van der Waals surface area (Å²) in [4.78, 5) is 14.0. The Bertz CT molecular complexity index is 200. The predicted octanol–water partition coefficient (Wildman–Crippen LogP) is 1.41. The van der Waals surface area contributed by atoms with Crippen molar-refractivity contribution < 1.29 is 4.79 Å². The number of nitrogens with two attached hydrogens (primary N) is 1. The van der Waals surface area contributed by atoms with Gasteiger partial charge in [0, 0.05) is 0 Å². The van der Waals surface area contributed by atoms with Gasteiger partial charge in [-0.15, -0.1) is 0 Å². The van der Waals surface area contributed by atoms with E-state index < -0.39 is 0 Å². The maximum absolute atomic E-state index is 11.7. The molecule has 0 aromatic heterocycles. The van der Waals surface area contributed by atoms with Crippen LogP contribution in [0, 0.1) is 0 Å². The number of hydrogen-bond acceptors (Lipinski definition) is 3. The van der Waals surface area contributed by atoms with Gasteiger partial charge in [-0.1, -0.05) is 32.6 Å². The Morgan fingerprint density at radius 2 is 1.81 bits per heavy atom. The number of carbonyl (C=O) groups excluding carboxylic acids is 1. The van der Waals surface area contributed by atoms with Gasteiger partial charge in [-0.2, -0.15) is 0 Å². The SMILES string of the molecule is CCCC(C(=O)NN)N1CCCCCCC1. The van der Waals surface area contributed by atoms with Crippen molar-refractivity contribution in [1.82, 2.24) is 10.3 Å². The summed E-state index contributed by atoms with van der Waals surface area (Å²) in [6.45, 7) is 4.19. The number of rotatable bonds is 4. The van der Waals surface area contributed by atoms with Gasteiger partial charge in [0.25, 0.3) is 5.91 Å². The highest BCUT2D eigenvalue weighted by molar-refractivity contribution is 5.81. The van der Waals surface area contributed by atoms with Crippen LogP contribution in [-0.4, -0.2) is 29.9 Å². The summed E-state index contributed by atoms with van der Waals surface area (Å²) < 4.78 is 0. The maximum Gasteiger partial charge on any atom is 0.251 e. The Morgan fingerprint density at radius 3 is 2.31 bits per heavy atom. The van der Waals surface area contributed by atoms with Crippen LogP contribution in [0.4, 0.5) is 0 Å². The zero-order chi connectivity index (χ0) is 11.8. The molecule has 1 amide bonds. The molecule has 0 aromatic carbocycles. The maximum atomic E-state index is 11.7. The van der Waals surface area contributed by atoms with Crippen molar-refractivity contribution in [3.8, 4) is 0 Å². The van der Waals surface area contributed by atoms with Crippen molar-refractivity contribution in [3.05, 3.63) is 0 Å². The molecule has 1 aliphatic heterocycles. The van der Waals surface area contributed by atoms with Crippen molar-refractivity contribution in [2.24, 2.45) is 5.84 Å². The van der Waals surface area contributed by atoms with E-state index in [-0.39, 0.29) is 11.9 Å². The van der Waals surface area contributed by atoms with E-state index in [4.69, 9.17) is 5.84 Å². The summed E-state index contributed by atoms with van der Waals surface area (Å²) in [5.74, 6) is 5.23. The number of hydrazine groups is 1. The van der Waals surface area contributed by atoms with Crippen LogP contribution in [-0.2, 0) is 4.79 Å². The summed E-state index contributed by atoms with van der Waals surface area (Å²) in [5, 5.41) is 0. The lowest BCUT2D eigenvalue weighted by molar-refractivity contribution is -0.127. The number of nitrogens with zero attached hydrogens (tertiary/aromatic N) is 1. The smallest absolute Gasteiger partial charge is 0.251 e. The van der Waals surface area contributed by atoms with E-state index in [1.165, 1.54) is 32.1 Å². The lowest BCUT2D eigenvalue weighted by Crippen LogP contribution is -2.49. The molecule has 1 aliphatic rings. The summed E-state index contributed by atoms with van der Waals surface area (Å²) in [6, 6.07) is -0.0203. The fourth-order valence-corrected chi connectivity index (χ4v) is 2.43. The van der Waals surface area contributed by atoms with Crippen LogP contribution < -0.4 is 11.3 Å². The van der Waals surface area contributed by atoms with E-state index in [1.807, 2.05) is 0 Å². The Hall–Kier alpha value is -0.610. The first kappa shape index (κ1) is 13.5. The molecule has 3 N–H and O–H groups in total. The van der Waals surface area contributed by atoms with E-state index in [2.05, 4.69) is 17.2 Å². The number of amides is 1. The molecule has 1 saturated heterocycles. The molecule has 4 nitrogen and oxygen atoms in total. The molecule has 0 spiro atoms. The largest absolute Gasteiger partial charge is 0.293 e. The Morgan fingerprint density at radius 1 is 1.25 bits per heavy atom. The second-order valence-electron chi connectivity index (χ2n) is 4.62. The van der Waals surface area contributed by atoms with Gasteiger partial charge >= 0.3 is 0 Å². The van der Waals surface area contributed by atoms with Crippen LogP contribution in [0.1, 0.15) is 51.9 Å². The first-order valence-corrected chi connectivity index (χ1v) is 6.54. The van der Waals surface area contributed by atoms with Gasteiger partial charge in [-0.05, 0) is 32.4 Å². The Balaban J connectivity index is 2.55. The molecule has 4 heteroatoms. The van der Waals surface area contributed by atoms with Crippen molar-refractivity contribution in [1.29, 1.82) is 0 Å². The summed E-state index contributed by atoms with van der Waals surface area (Å²) >= 11 is 0. The van der Waals surface area contributed by atoms with E-state index >= 15 is 0 Å². The molecule has 1 atom stereocenters. The lowest BCUT2D eigenvalue weighted by atomic mass is 10.0. The van der Waals surface area contributed by atoms with Gasteiger partial charge in [-0.3, -0.25) is 15.1 Å². The fraction of sp³-hybridized carbons (Fsp3) is 0.917. The highest BCUT2D eigenvalue weighted by atomic mass is 16.2. The molecule has 1 fully saturated rings. The van der Waals surface area contributed by atoms with Crippen molar-refractivity contribution in [2.75, 3.05) is 13.1 Å². The normalized spacial score (nSPS) is 20.9. The third-order valence-corrected chi connectivity index (χ3v) is 3.34. The van der Waals surface area contributed by atoms with E-state index in [9.17, 15) is 4.79 Å². The molecule has 0 radical (unpaired) electrons. The molecular weight excluding hydrogens is 202 g/mol. The van der Waals surface area contributed by atoms with Gasteiger partial charge in [0.15, 0.2) is 0 Å². The molecule has 1 rings (SSSR count). The highest BCUT2D eigenvalue weighted by Crippen LogP contribution is 2.15. The molecule has 0 aliphatic carbocycles. The van der Waals surface area contributed by atoms with Crippen molar-refractivity contribution in [2.45, 2.75) is 57.9 Å². The van der Waals surface area contributed by atoms with Gasteiger partial charge in [0.1, 0.15) is 0 Å². The van der Waals surface area contributed by atoms with Gasteiger partial charge < -0.3 is 0 Å². The molecule has 0 bridgehead atoms. The molecule has 94 valence electrons. The third kappa shape index (κ3) is 4.10. The van der Waals surface area contributed by atoms with Crippen LogP contribution >= 0.6 is 0 Å². The molecule has 16 heavy (non-hydrogen) atoms. The standard InChI is InChI=1S/C12H25N3O/c1-2-8-11(12(16)14-13)15-9-6-4-3-5-7-10-15/h11H,2-10,13H2,1H3,(H,14,16). The first-order valence-electron chi connectivity index (χ1n) is 6.54. The minimum Gasteiger partial charge on any atom is -0.293 e. The monoisotopic (exact) mass is 227 g/mol. The molecule has 1 heterocycles. The average Bonchev–Trinajstić information content (AvgIpc) is 2.25. The predicted molar refractivity (Wildman–Crippen MR) is 65.7 cm³/mol. The zero-order valence-corrected chi connectivity index (χ0v) is 10.4. The number of likely N-dealkylation sites (tertiary alicyclic amines) is 1. The molecular formula is C12H25N3O. The van der Waals surface area contributed by atoms with Crippen LogP contribution in [0.2, 0.25) is 0 Å². The summed E-state index contributed by atoms with van der Waals surface area (Å²) in [5.41, 5.74) is 2.30. The fourth-order valence-electron chi connectivity index (χ4n) is 2.43. The average molecular weight is 227 g/mol. The van der Waals surface area contributed by atoms with Crippen molar-refractivity contribution >= 4 is 5.91 Å².